The second-order valence-electron chi connectivity index (χ2n) is 14.1. The number of nitrogens with zero attached hydrogens (tertiary/aromatic N) is 2. The van der Waals surface area contributed by atoms with Gasteiger partial charge in [-0.1, -0.05) is 86.3 Å². The van der Waals surface area contributed by atoms with Crippen molar-refractivity contribution in [3.05, 3.63) is 71.8 Å². The van der Waals surface area contributed by atoms with Crippen molar-refractivity contribution in [2.24, 2.45) is 35.5 Å². The number of benzene rings is 2. The molecule has 0 aromatic heterocycles. The number of carbonyl (C=O) groups excluding carboxylic acids is 2. The molecule has 2 aliphatic heterocycles. The van der Waals surface area contributed by atoms with Gasteiger partial charge in [0, 0.05) is 76.8 Å². The van der Waals surface area contributed by atoms with Gasteiger partial charge in [-0.2, -0.15) is 0 Å². The fourth-order valence-electron chi connectivity index (χ4n) is 8.19. The second-order valence-corrected chi connectivity index (χ2v) is 14.1. The zero-order valence-electron chi connectivity index (χ0n) is 27.7. The number of hydrogen-bond donors (Lipinski definition) is 2. The molecule has 0 unspecified atom stereocenters. The van der Waals surface area contributed by atoms with Gasteiger partial charge in [0.1, 0.15) is 0 Å². The van der Waals surface area contributed by atoms with E-state index in [0.717, 1.165) is 37.3 Å². The third kappa shape index (κ3) is 10.8. The molecule has 47 heavy (non-hydrogen) atoms. The van der Waals surface area contributed by atoms with Gasteiger partial charge in [-0.15, -0.1) is 0 Å². The minimum atomic E-state index is -0.876. The van der Waals surface area contributed by atoms with Gasteiger partial charge in [-0.3, -0.25) is 19.2 Å². The van der Waals surface area contributed by atoms with Crippen molar-refractivity contribution >= 4 is 61.5 Å². The Morgan fingerprint density at radius 3 is 1.13 bits per heavy atom. The number of aliphatic carboxylic acids is 2. The zero-order chi connectivity index (χ0) is 32.5. The third-order valence-corrected chi connectivity index (χ3v) is 10.8. The topological polar surface area (TPSA) is 115 Å². The number of likely N-dealkylation sites (tertiary alicyclic amines) is 2. The number of carboxylic acid groups (broad SMARTS) is 2. The molecule has 2 aromatic carbocycles. The summed E-state index contributed by atoms with van der Waals surface area (Å²) in [6.07, 6.45) is 11.1. The van der Waals surface area contributed by atoms with Crippen LogP contribution >= 0.6 is 0 Å². The minimum Gasteiger partial charge on any atom is -0.481 e. The molecule has 2 aliphatic carbocycles. The molecule has 2 N–H and O–H groups in total. The fraction of sp³-hybridized carbons (Fsp3) is 0.579. The average Bonchev–Trinajstić information content (AvgIpc) is 3.70. The van der Waals surface area contributed by atoms with Crippen LogP contribution in [0.4, 0.5) is 0 Å². The molecule has 2 saturated heterocycles. The molecule has 0 bridgehead atoms. The van der Waals surface area contributed by atoms with Crippen LogP contribution in [-0.4, -0.2) is 108 Å². The number of carboxylic acids is 2. The molecule has 6 atom stereocenters. The van der Waals surface area contributed by atoms with E-state index in [2.05, 4.69) is 0 Å². The fourth-order valence-corrected chi connectivity index (χ4v) is 8.19. The van der Waals surface area contributed by atoms with E-state index in [9.17, 15) is 29.4 Å². The van der Waals surface area contributed by atoms with Crippen LogP contribution in [0.2, 0.25) is 0 Å². The van der Waals surface area contributed by atoms with Crippen molar-refractivity contribution in [3.63, 3.8) is 0 Å². The van der Waals surface area contributed by atoms with Gasteiger partial charge >= 0.3 is 11.9 Å². The van der Waals surface area contributed by atoms with Crippen molar-refractivity contribution in [3.8, 4) is 0 Å². The Morgan fingerprint density at radius 1 is 0.553 bits per heavy atom. The number of carbonyl (C=O) groups is 4. The number of amides is 2. The number of hydrogen-bond acceptors (Lipinski definition) is 4. The van der Waals surface area contributed by atoms with Crippen LogP contribution in [0.3, 0.4) is 0 Å². The SMILES string of the molecule is O=C(O)[C@H](CC(=O)N1C[C@H]2CCCC[C@H]2C1)Cc1ccccc1.O=C(O)[C@H](CC(=O)N1C[C@H]2CCCC[C@H]2C1)Cc1ccccc1.[Ca]. The molecule has 2 saturated carbocycles. The molecule has 2 radical (unpaired) electrons. The van der Waals surface area contributed by atoms with E-state index in [1.807, 2.05) is 70.5 Å². The molecule has 2 amide bonds. The second kappa shape index (κ2) is 18.4. The molecule has 2 heterocycles. The molecule has 0 spiro atoms. The van der Waals surface area contributed by atoms with Gasteiger partial charge in [0.2, 0.25) is 11.8 Å². The summed E-state index contributed by atoms with van der Waals surface area (Å²) in [5.74, 6) is -0.409. The van der Waals surface area contributed by atoms with Gasteiger partial charge in [0.25, 0.3) is 0 Å². The van der Waals surface area contributed by atoms with E-state index in [1.54, 1.807) is 0 Å². The van der Waals surface area contributed by atoms with Crippen LogP contribution < -0.4 is 0 Å². The predicted octanol–water partition coefficient (Wildman–Crippen LogP) is 5.56. The van der Waals surface area contributed by atoms with E-state index in [4.69, 9.17) is 0 Å². The zero-order valence-corrected chi connectivity index (χ0v) is 29.9. The molecule has 2 aromatic rings. The molecule has 8 nitrogen and oxygen atoms in total. The first kappa shape index (κ1) is 37.4. The maximum atomic E-state index is 12.6. The van der Waals surface area contributed by atoms with Crippen molar-refractivity contribution < 1.29 is 29.4 Å². The Morgan fingerprint density at radius 2 is 0.851 bits per heavy atom. The van der Waals surface area contributed by atoms with E-state index >= 15 is 0 Å². The Bertz CT molecular complexity index is 1190. The van der Waals surface area contributed by atoms with Crippen LogP contribution in [0.1, 0.15) is 75.3 Å². The first-order valence-electron chi connectivity index (χ1n) is 17.4. The summed E-state index contributed by atoms with van der Waals surface area (Å²) in [7, 11) is 0. The predicted molar refractivity (Wildman–Crippen MR) is 182 cm³/mol. The Balaban J connectivity index is 0.000000208. The third-order valence-electron chi connectivity index (χ3n) is 10.8. The summed E-state index contributed by atoms with van der Waals surface area (Å²) >= 11 is 0. The van der Waals surface area contributed by atoms with Crippen LogP contribution in [0.15, 0.2) is 60.7 Å². The molecular weight excluding hydrogens is 621 g/mol. The molecule has 4 fully saturated rings. The Hall–Kier alpha value is -2.42. The van der Waals surface area contributed by atoms with Crippen molar-refractivity contribution in [1.82, 2.24) is 9.80 Å². The van der Waals surface area contributed by atoms with Crippen molar-refractivity contribution in [2.45, 2.75) is 77.0 Å². The monoisotopic (exact) mass is 670 g/mol. The molecule has 4 aliphatic rings. The maximum absolute atomic E-state index is 12.6. The molecular formula is C38H50CaN2O6. The summed E-state index contributed by atoms with van der Waals surface area (Å²) < 4.78 is 0. The Kier molecular flexibility index (Phi) is 14.6. The summed E-state index contributed by atoms with van der Waals surface area (Å²) in [4.78, 5) is 52.0. The average molecular weight is 671 g/mol. The van der Waals surface area contributed by atoms with Crippen LogP contribution in [0.5, 0.6) is 0 Å². The summed E-state index contributed by atoms with van der Waals surface area (Å²) in [6.45, 7) is 3.34. The summed E-state index contributed by atoms with van der Waals surface area (Å²) in [5.41, 5.74) is 1.95. The van der Waals surface area contributed by atoms with Gasteiger partial charge in [-0.05, 0) is 73.3 Å². The smallest absolute Gasteiger partial charge is 0.307 e. The number of fused-ring (bicyclic) bond motifs is 2. The quantitative estimate of drug-likeness (QED) is 0.320. The van der Waals surface area contributed by atoms with Crippen LogP contribution in [-0.2, 0) is 32.0 Å². The molecule has 6 rings (SSSR count). The number of rotatable bonds is 10. The van der Waals surface area contributed by atoms with Crippen LogP contribution in [0, 0.1) is 35.5 Å². The molecule has 250 valence electrons. The van der Waals surface area contributed by atoms with E-state index in [0.29, 0.717) is 36.5 Å². The van der Waals surface area contributed by atoms with E-state index in [-0.39, 0.29) is 62.4 Å². The Labute approximate surface area is 309 Å². The van der Waals surface area contributed by atoms with E-state index in [1.165, 1.54) is 51.4 Å². The van der Waals surface area contributed by atoms with Gasteiger partial charge in [0.05, 0.1) is 11.8 Å². The van der Waals surface area contributed by atoms with E-state index < -0.39 is 23.8 Å². The molecule has 9 heteroatoms. The maximum Gasteiger partial charge on any atom is 0.307 e. The largest absolute Gasteiger partial charge is 0.481 e. The first-order valence-corrected chi connectivity index (χ1v) is 17.4. The van der Waals surface area contributed by atoms with Crippen LogP contribution in [0.25, 0.3) is 0 Å². The summed E-state index contributed by atoms with van der Waals surface area (Å²) in [6, 6.07) is 19.1. The van der Waals surface area contributed by atoms with Gasteiger partial charge in [0.15, 0.2) is 0 Å². The minimum absolute atomic E-state index is 0. The normalized spacial score (nSPS) is 24.4. The standard InChI is InChI=1S/2C19H25NO3.Ca/c2*21-18(20-12-15-8-4-5-9-16(15)13-20)11-17(19(22)23)10-14-6-2-1-3-7-14;/h2*1-3,6-7,15-17H,4-5,8-13H2,(H,22,23);/t2*15-,16+,17-;/m00./s1. The first-order chi connectivity index (χ1) is 22.3. The van der Waals surface area contributed by atoms with Gasteiger partial charge in [-0.25, -0.2) is 0 Å². The summed E-state index contributed by atoms with van der Waals surface area (Å²) in [5, 5.41) is 18.9. The van der Waals surface area contributed by atoms with Crippen molar-refractivity contribution in [2.75, 3.05) is 26.2 Å². The van der Waals surface area contributed by atoms with Crippen molar-refractivity contribution in [1.29, 1.82) is 0 Å². The van der Waals surface area contributed by atoms with Gasteiger partial charge < -0.3 is 20.0 Å².